The average Bonchev–Trinajstić information content (AvgIpc) is 2.54. The van der Waals surface area contributed by atoms with Gasteiger partial charge in [-0.05, 0) is 30.4 Å². The molecule has 0 fully saturated rings. The van der Waals surface area contributed by atoms with Gasteiger partial charge in [-0.3, -0.25) is 4.79 Å². The molecule has 122 valence electrons. The number of sulfonamides is 1. The molecular formula is C17H19NO3S2. The Bertz CT molecular complexity index is 756. The first-order valence-corrected chi connectivity index (χ1v) is 9.71. The lowest BCUT2D eigenvalue weighted by molar-refractivity contribution is -0.112. The molecule has 4 nitrogen and oxygen atoms in total. The summed E-state index contributed by atoms with van der Waals surface area (Å²) in [6.07, 6.45) is 0. The number of hydrogen-bond donors (Lipinski definition) is 1. The highest BCUT2D eigenvalue weighted by atomic mass is 32.2. The molecule has 0 aliphatic rings. The summed E-state index contributed by atoms with van der Waals surface area (Å²) in [5.74, 6) is 0.592. The van der Waals surface area contributed by atoms with Gasteiger partial charge in [0, 0.05) is 0 Å². The van der Waals surface area contributed by atoms with E-state index in [1.165, 1.54) is 12.1 Å². The molecule has 0 aromatic heterocycles. The van der Waals surface area contributed by atoms with Crippen molar-refractivity contribution in [2.24, 2.45) is 0 Å². The molecule has 0 heterocycles. The predicted octanol–water partition coefficient (Wildman–Crippen LogP) is 3.29. The van der Waals surface area contributed by atoms with E-state index in [-0.39, 0.29) is 10.0 Å². The highest BCUT2D eigenvalue weighted by molar-refractivity contribution is 8.13. The molecule has 0 bridgehead atoms. The van der Waals surface area contributed by atoms with E-state index in [1.807, 2.05) is 19.9 Å². The van der Waals surface area contributed by atoms with Crippen LogP contribution in [0.2, 0.25) is 0 Å². The van der Waals surface area contributed by atoms with Crippen molar-refractivity contribution < 1.29 is 13.2 Å². The number of aryl methyl sites for hydroxylation is 1. The number of carbonyl (C=O) groups is 1. The molecule has 2 rings (SSSR count). The molecule has 2 aromatic rings. The summed E-state index contributed by atoms with van der Waals surface area (Å²) in [6.45, 7) is 3.75. The molecular weight excluding hydrogens is 330 g/mol. The largest absolute Gasteiger partial charge is 0.285 e. The van der Waals surface area contributed by atoms with Gasteiger partial charge >= 0.3 is 0 Å². The molecule has 2 aromatic carbocycles. The number of nitrogens with one attached hydrogen (secondary N) is 1. The zero-order chi connectivity index (χ0) is 16.9. The fourth-order valence-electron chi connectivity index (χ4n) is 2.06. The molecule has 0 radical (unpaired) electrons. The van der Waals surface area contributed by atoms with E-state index < -0.39 is 16.1 Å². The van der Waals surface area contributed by atoms with Crippen molar-refractivity contribution in [3.8, 4) is 0 Å². The van der Waals surface area contributed by atoms with E-state index in [9.17, 15) is 13.2 Å². The molecule has 6 heteroatoms. The third-order valence-corrected chi connectivity index (χ3v) is 5.51. The summed E-state index contributed by atoms with van der Waals surface area (Å²) in [4.78, 5) is 12.5. The lowest BCUT2D eigenvalue weighted by atomic mass is 10.1. The van der Waals surface area contributed by atoms with Gasteiger partial charge in [-0.15, -0.1) is 0 Å². The fraction of sp³-hybridized carbons (Fsp3) is 0.235. The van der Waals surface area contributed by atoms with Crippen molar-refractivity contribution in [1.29, 1.82) is 0 Å². The summed E-state index contributed by atoms with van der Waals surface area (Å²) in [6, 6.07) is 14.5. The maximum atomic E-state index is 12.6. The summed E-state index contributed by atoms with van der Waals surface area (Å²) < 4.78 is 27.7. The van der Waals surface area contributed by atoms with Crippen LogP contribution >= 0.6 is 11.8 Å². The monoisotopic (exact) mass is 349 g/mol. The molecule has 1 unspecified atom stereocenters. The van der Waals surface area contributed by atoms with Gasteiger partial charge in [0.1, 0.15) is 6.04 Å². The first kappa shape index (κ1) is 17.7. The minimum atomic E-state index is -3.77. The van der Waals surface area contributed by atoms with Crippen LogP contribution in [0.4, 0.5) is 0 Å². The minimum absolute atomic E-state index is 0.151. The topological polar surface area (TPSA) is 63.2 Å². The van der Waals surface area contributed by atoms with Gasteiger partial charge in [0.05, 0.1) is 4.90 Å². The molecule has 23 heavy (non-hydrogen) atoms. The van der Waals surface area contributed by atoms with Crippen LogP contribution in [0.5, 0.6) is 0 Å². The average molecular weight is 349 g/mol. The van der Waals surface area contributed by atoms with E-state index in [1.54, 1.807) is 36.4 Å². The van der Waals surface area contributed by atoms with Crippen LogP contribution in [0.15, 0.2) is 59.5 Å². The first-order chi connectivity index (χ1) is 10.9. The van der Waals surface area contributed by atoms with Gasteiger partial charge in [-0.1, -0.05) is 66.7 Å². The molecule has 0 saturated heterocycles. The third-order valence-electron chi connectivity index (χ3n) is 3.26. The SMILES string of the molecule is CCSC(=O)C(NS(=O)(=O)c1ccc(C)cc1)c1ccccc1. The minimum Gasteiger partial charge on any atom is -0.285 e. The maximum absolute atomic E-state index is 12.6. The second kappa shape index (κ2) is 7.77. The Morgan fingerprint density at radius 2 is 1.70 bits per heavy atom. The van der Waals surface area contributed by atoms with Crippen molar-refractivity contribution >= 4 is 26.9 Å². The van der Waals surface area contributed by atoms with E-state index in [0.29, 0.717) is 11.3 Å². The summed E-state index contributed by atoms with van der Waals surface area (Å²) in [5, 5.41) is -0.214. The Morgan fingerprint density at radius 3 is 2.26 bits per heavy atom. The summed E-state index contributed by atoms with van der Waals surface area (Å²) in [5.41, 5.74) is 1.61. The zero-order valence-corrected chi connectivity index (χ0v) is 14.7. The standard InChI is InChI=1S/C17H19NO3S2/c1-3-22-17(19)16(14-7-5-4-6-8-14)18-23(20,21)15-11-9-13(2)10-12-15/h4-12,16,18H,3H2,1-2H3. The van der Waals surface area contributed by atoms with Crippen molar-refractivity contribution in [3.05, 3.63) is 65.7 Å². The van der Waals surface area contributed by atoms with Gasteiger partial charge in [0.2, 0.25) is 15.1 Å². The molecule has 0 saturated carbocycles. The van der Waals surface area contributed by atoms with Gasteiger partial charge in [0.15, 0.2) is 0 Å². The number of thioether (sulfide) groups is 1. The van der Waals surface area contributed by atoms with Crippen LogP contribution in [0, 0.1) is 6.92 Å². The second-order valence-electron chi connectivity index (χ2n) is 5.03. The number of carbonyl (C=O) groups excluding carboxylic acids is 1. The Balaban J connectivity index is 2.33. The number of hydrogen-bond acceptors (Lipinski definition) is 4. The molecule has 0 spiro atoms. The fourth-order valence-corrected chi connectivity index (χ4v) is 3.97. The van der Waals surface area contributed by atoms with Crippen LogP contribution in [-0.2, 0) is 14.8 Å². The normalized spacial score (nSPS) is 12.8. The van der Waals surface area contributed by atoms with E-state index in [4.69, 9.17) is 0 Å². The molecule has 0 amide bonds. The van der Waals surface area contributed by atoms with Crippen molar-refractivity contribution in [1.82, 2.24) is 4.72 Å². The maximum Gasteiger partial charge on any atom is 0.241 e. The Hall–Kier alpha value is -1.63. The van der Waals surface area contributed by atoms with Gasteiger partial charge in [-0.2, -0.15) is 4.72 Å². The summed E-state index contributed by atoms with van der Waals surface area (Å²) in [7, 11) is -3.77. The zero-order valence-electron chi connectivity index (χ0n) is 13.0. The first-order valence-electron chi connectivity index (χ1n) is 7.24. The van der Waals surface area contributed by atoms with Gasteiger partial charge < -0.3 is 0 Å². The van der Waals surface area contributed by atoms with E-state index >= 15 is 0 Å². The smallest absolute Gasteiger partial charge is 0.241 e. The number of rotatable bonds is 6. The van der Waals surface area contributed by atoms with E-state index in [0.717, 1.165) is 17.3 Å². The van der Waals surface area contributed by atoms with Crippen molar-refractivity contribution in [3.63, 3.8) is 0 Å². The second-order valence-corrected chi connectivity index (χ2v) is 8.01. The molecule has 0 aliphatic heterocycles. The molecule has 1 N–H and O–H groups in total. The highest BCUT2D eigenvalue weighted by Crippen LogP contribution is 2.23. The van der Waals surface area contributed by atoms with Gasteiger partial charge in [-0.25, -0.2) is 8.42 Å². The van der Waals surface area contributed by atoms with Crippen LogP contribution in [0.3, 0.4) is 0 Å². The summed E-state index contributed by atoms with van der Waals surface area (Å²) >= 11 is 1.11. The quantitative estimate of drug-likeness (QED) is 0.869. The molecule has 0 aliphatic carbocycles. The van der Waals surface area contributed by atoms with Crippen LogP contribution < -0.4 is 4.72 Å². The van der Waals surface area contributed by atoms with Crippen molar-refractivity contribution in [2.75, 3.05) is 5.75 Å². The Labute approximate surface area is 141 Å². The lowest BCUT2D eigenvalue weighted by Gasteiger charge is -2.17. The van der Waals surface area contributed by atoms with Gasteiger partial charge in [0.25, 0.3) is 0 Å². The molecule has 1 atom stereocenters. The Morgan fingerprint density at radius 1 is 1.09 bits per heavy atom. The Kier molecular flexibility index (Phi) is 5.98. The lowest BCUT2D eigenvalue weighted by Crippen LogP contribution is -2.32. The van der Waals surface area contributed by atoms with Crippen LogP contribution in [0.1, 0.15) is 24.1 Å². The van der Waals surface area contributed by atoms with Crippen molar-refractivity contribution in [2.45, 2.75) is 24.8 Å². The van der Waals surface area contributed by atoms with Crippen LogP contribution in [-0.4, -0.2) is 19.3 Å². The van der Waals surface area contributed by atoms with E-state index in [2.05, 4.69) is 4.72 Å². The third kappa shape index (κ3) is 4.67. The number of benzene rings is 2. The predicted molar refractivity (Wildman–Crippen MR) is 93.8 cm³/mol. The highest BCUT2D eigenvalue weighted by Gasteiger charge is 2.27. The van der Waals surface area contributed by atoms with Crippen LogP contribution in [0.25, 0.3) is 0 Å².